The van der Waals surface area contributed by atoms with E-state index in [1.54, 1.807) is 18.3 Å². The fourth-order valence-corrected chi connectivity index (χ4v) is 1.95. The quantitative estimate of drug-likeness (QED) is 0.593. The van der Waals surface area contributed by atoms with E-state index in [0.29, 0.717) is 17.3 Å². The van der Waals surface area contributed by atoms with Gasteiger partial charge < -0.3 is 10.3 Å². The number of nitrogens with two attached hydrogens (primary N) is 1. The van der Waals surface area contributed by atoms with Gasteiger partial charge >= 0.3 is 0 Å². The van der Waals surface area contributed by atoms with Crippen LogP contribution >= 0.6 is 0 Å². The number of nitrogens with one attached hydrogen (secondary N) is 1. The molecule has 1 aromatic rings. The van der Waals surface area contributed by atoms with Crippen LogP contribution in [0.2, 0.25) is 0 Å². The van der Waals surface area contributed by atoms with Crippen molar-refractivity contribution in [2.24, 2.45) is 11.8 Å². The first kappa shape index (κ1) is 12.8. The number of hydrogen-bond acceptors (Lipinski definition) is 4. The summed E-state index contributed by atoms with van der Waals surface area (Å²) in [6.07, 6.45) is 5.06. The molecule has 0 spiro atoms. The molecule has 18 heavy (non-hydrogen) atoms. The molecular formula is C13H20N4O. The van der Waals surface area contributed by atoms with Gasteiger partial charge in [-0.2, -0.15) is 0 Å². The van der Waals surface area contributed by atoms with Crippen molar-refractivity contribution in [2.75, 3.05) is 18.5 Å². The zero-order valence-electron chi connectivity index (χ0n) is 10.7. The third kappa shape index (κ3) is 3.20. The van der Waals surface area contributed by atoms with E-state index in [-0.39, 0.29) is 5.91 Å². The standard InChI is InChI=1S/C13H20N4O/c1-2-7-17(9-10-3-4-10)13(18)11-5-6-12(16-14)15-8-11/h5-6,8,10H,2-4,7,9,14H2,1H3,(H,15,16). The Kier molecular flexibility index (Phi) is 4.15. The molecule has 1 aliphatic carbocycles. The second-order valence-electron chi connectivity index (χ2n) is 4.77. The smallest absolute Gasteiger partial charge is 0.255 e. The Hall–Kier alpha value is -1.62. The number of aromatic nitrogens is 1. The molecular weight excluding hydrogens is 228 g/mol. The van der Waals surface area contributed by atoms with Crippen molar-refractivity contribution in [1.29, 1.82) is 0 Å². The Morgan fingerprint density at radius 1 is 1.56 bits per heavy atom. The van der Waals surface area contributed by atoms with Gasteiger partial charge in [0.05, 0.1) is 5.56 Å². The summed E-state index contributed by atoms with van der Waals surface area (Å²) in [7, 11) is 0. The minimum absolute atomic E-state index is 0.0693. The molecule has 0 saturated heterocycles. The van der Waals surface area contributed by atoms with Gasteiger partial charge in [-0.1, -0.05) is 6.92 Å². The number of pyridine rings is 1. The maximum Gasteiger partial charge on any atom is 0.255 e. The molecule has 1 aromatic heterocycles. The lowest BCUT2D eigenvalue weighted by molar-refractivity contribution is 0.0747. The fraction of sp³-hybridized carbons (Fsp3) is 0.538. The average Bonchev–Trinajstić information content (AvgIpc) is 3.21. The molecule has 1 heterocycles. The van der Waals surface area contributed by atoms with E-state index in [0.717, 1.165) is 19.5 Å². The first-order chi connectivity index (χ1) is 8.74. The van der Waals surface area contributed by atoms with Crippen LogP contribution in [0.5, 0.6) is 0 Å². The summed E-state index contributed by atoms with van der Waals surface area (Å²) in [5.74, 6) is 6.59. The minimum atomic E-state index is 0.0693. The van der Waals surface area contributed by atoms with Crippen molar-refractivity contribution in [3.63, 3.8) is 0 Å². The SMILES string of the molecule is CCCN(CC1CC1)C(=O)c1ccc(NN)nc1. The zero-order chi connectivity index (χ0) is 13.0. The van der Waals surface area contributed by atoms with E-state index in [1.807, 2.05) is 4.90 Å². The van der Waals surface area contributed by atoms with Crippen LogP contribution in [0.15, 0.2) is 18.3 Å². The van der Waals surface area contributed by atoms with Crippen LogP contribution in [0.3, 0.4) is 0 Å². The Bertz CT molecular complexity index is 400. The monoisotopic (exact) mass is 248 g/mol. The highest BCUT2D eigenvalue weighted by Gasteiger charge is 2.26. The molecule has 0 bridgehead atoms. The molecule has 0 atom stereocenters. The molecule has 1 saturated carbocycles. The van der Waals surface area contributed by atoms with Crippen LogP contribution in [0.25, 0.3) is 0 Å². The molecule has 1 aliphatic rings. The number of nitrogen functional groups attached to an aromatic ring is 1. The first-order valence-electron chi connectivity index (χ1n) is 6.46. The second kappa shape index (κ2) is 5.82. The predicted molar refractivity (Wildman–Crippen MR) is 71.0 cm³/mol. The fourth-order valence-electron chi connectivity index (χ4n) is 1.95. The van der Waals surface area contributed by atoms with Crippen molar-refractivity contribution >= 4 is 11.7 Å². The third-order valence-corrected chi connectivity index (χ3v) is 3.11. The molecule has 3 N–H and O–H groups in total. The molecule has 5 nitrogen and oxygen atoms in total. The summed E-state index contributed by atoms with van der Waals surface area (Å²) in [6, 6.07) is 3.48. The molecule has 0 unspecified atom stereocenters. The summed E-state index contributed by atoms with van der Waals surface area (Å²) in [5.41, 5.74) is 3.08. The largest absolute Gasteiger partial charge is 0.338 e. The Labute approximate surface area is 107 Å². The topological polar surface area (TPSA) is 71.2 Å². The lowest BCUT2D eigenvalue weighted by Crippen LogP contribution is -2.33. The molecule has 0 aliphatic heterocycles. The van der Waals surface area contributed by atoms with Crippen LogP contribution in [-0.2, 0) is 0 Å². The van der Waals surface area contributed by atoms with E-state index < -0.39 is 0 Å². The summed E-state index contributed by atoms with van der Waals surface area (Å²) in [6.45, 7) is 3.78. The van der Waals surface area contributed by atoms with Crippen LogP contribution in [0.1, 0.15) is 36.5 Å². The summed E-state index contributed by atoms with van der Waals surface area (Å²) < 4.78 is 0. The molecule has 1 fully saturated rings. The van der Waals surface area contributed by atoms with Gasteiger partial charge in [0.1, 0.15) is 5.82 Å². The van der Waals surface area contributed by atoms with Crippen LogP contribution < -0.4 is 11.3 Å². The minimum Gasteiger partial charge on any atom is -0.338 e. The van der Waals surface area contributed by atoms with E-state index in [9.17, 15) is 4.79 Å². The zero-order valence-corrected chi connectivity index (χ0v) is 10.7. The number of rotatable bonds is 6. The Morgan fingerprint density at radius 2 is 2.33 bits per heavy atom. The number of hydrogen-bond donors (Lipinski definition) is 2. The highest BCUT2D eigenvalue weighted by molar-refractivity contribution is 5.94. The van der Waals surface area contributed by atoms with Crippen LogP contribution in [0, 0.1) is 5.92 Å². The van der Waals surface area contributed by atoms with Crippen molar-refractivity contribution in [3.8, 4) is 0 Å². The van der Waals surface area contributed by atoms with Crippen LogP contribution in [0.4, 0.5) is 5.82 Å². The first-order valence-corrected chi connectivity index (χ1v) is 6.46. The average molecular weight is 248 g/mol. The van der Waals surface area contributed by atoms with Gasteiger partial charge in [-0.25, -0.2) is 10.8 Å². The maximum absolute atomic E-state index is 12.3. The van der Waals surface area contributed by atoms with Gasteiger partial charge in [-0.15, -0.1) is 0 Å². The molecule has 98 valence electrons. The second-order valence-corrected chi connectivity index (χ2v) is 4.77. The lowest BCUT2D eigenvalue weighted by Gasteiger charge is -2.22. The number of anilines is 1. The van der Waals surface area contributed by atoms with Gasteiger partial charge in [0.2, 0.25) is 0 Å². The Balaban J connectivity index is 2.05. The van der Waals surface area contributed by atoms with Gasteiger partial charge in [-0.05, 0) is 37.3 Å². The molecule has 1 amide bonds. The third-order valence-electron chi connectivity index (χ3n) is 3.11. The van der Waals surface area contributed by atoms with E-state index in [4.69, 9.17) is 5.84 Å². The van der Waals surface area contributed by atoms with Crippen molar-refractivity contribution in [2.45, 2.75) is 26.2 Å². The van der Waals surface area contributed by atoms with Gasteiger partial charge in [-0.3, -0.25) is 4.79 Å². The normalized spacial score (nSPS) is 14.3. The van der Waals surface area contributed by atoms with Gasteiger partial charge in [0.15, 0.2) is 0 Å². The van der Waals surface area contributed by atoms with E-state index in [2.05, 4.69) is 17.3 Å². The number of amides is 1. The van der Waals surface area contributed by atoms with Crippen LogP contribution in [-0.4, -0.2) is 28.9 Å². The van der Waals surface area contributed by atoms with Crippen molar-refractivity contribution in [3.05, 3.63) is 23.9 Å². The highest BCUT2D eigenvalue weighted by atomic mass is 16.2. The number of nitrogens with zero attached hydrogens (tertiary/aromatic N) is 2. The van der Waals surface area contributed by atoms with E-state index in [1.165, 1.54) is 12.8 Å². The van der Waals surface area contributed by atoms with E-state index >= 15 is 0 Å². The number of hydrazine groups is 1. The molecule has 0 aromatic carbocycles. The summed E-state index contributed by atoms with van der Waals surface area (Å²) >= 11 is 0. The maximum atomic E-state index is 12.3. The predicted octanol–water partition coefficient (Wildman–Crippen LogP) is 1.63. The molecule has 0 radical (unpaired) electrons. The lowest BCUT2D eigenvalue weighted by atomic mass is 10.2. The number of carbonyl (C=O) groups excluding carboxylic acids is 1. The van der Waals surface area contributed by atoms with Crippen molar-refractivity contribution in [1.82, 2.24) is 9.88 Å². The van der Waals surface area contributed by atoms with Gasteiger partial charge in [0, 0.05) is 19.3 Å². The summed E-state index contributed by atoms with van der Waals surface area (Å²) in [5, 5.41) is 0. The Morgan fingerprint density at radius 3 is 2.83 bits per heavy atom. The summed E-state index contributed by atoms with van der Waals surface area (Å²) in [4.78, 5) is 18.3. The highest BCUT2D eigenvalue weighted by Crippen LogP contribution is 2.30. The van der Waals surface area contributed by atoms with Gasteiger partial charge in [0.25, 0.3) is 5.91 Å². The molecule has 5 heteroatoms. The van der Waals surface area contributed by atoms with Crippen molar-refractivity contribution < 1.29 is 4.79 Å². The number of carbonyl (C=O) groups is 1. The molecule has 2 rings (SSSR count).